The van der Waals surface area contributed by atoms with E-state index in [1.807, 2.05) is 37.3 Å². The quantitative estimate of drug-likeness (QED) is 0.465. The number of aryl methyl sites for hydroxylation is 1. The number of H-pyrrole nitrogens is 1. The first kappa shape index (κ1) is 16.8. The van der Waals surface area contributed by atoms with Crippen LogP contribution >= 0.6 is 11.3 Å². The minimum Gasteiger partial charge on any atom is -0.497 e. The lowest BCUT2D eigenvalue weighted by Crippen LogP contribution is -2.15. The summed E-state index contributed by atoms with van der Waals surface area (Å²) in [6, 6.07) is 11.9. The molecule has 1 aliphatic heterocycles. The van der Waals surface area contributed by atoms with E-state index in [2.05, 4.69) is 36.9 Å². The number of hydrogen-bond acceptors (Lipinski definition) is 7. The molecule has 0 aliphatic carbocycles. The van der Waals surface area contributed by atoms with Gasteiger partial charge in [-0.15, -0.1) is 16.4 Å². The molecule has 4 heterocycles. The van der Waals surface area contributed by atoms with Crippen molar-refractivity contribution in [3.05, 3.63) is 69.8 Å². The number of nitrogens with zero attached hydrogens (tertiary/aromatic N) is 3. The second kappa shape index (κ2) is 6.65. The number of aromatic nitrogens is 4. The van der Waals surface area contributed by atoms with Crippen molar-refractivity contribution in [3.8, 4) is 17.5 Å². The summed E-state index contributed by atoms with van der Waals surface area (Å²) in [7, 11) is 1.65. The summed E-state index contributed by atoms with van der Waals surface area (Å²) >= 11 is 1.69. The van der Waals surface area contributed by atoms with Gasteiger partial charge in [0.25, 0.3) is 0 Å². The molecule has 1 unspecified atom stereocenters. The van der Waals surface area contributed by atoms with Crippen molar-refractivity contribution in [1.29, 1.82) is 0 Å². The van der Waals surface area contributed by atoms with Gasteiger partial charge in [0, 0.05) is 21.8 Å². The topological polar surface area (TPSA) is 85.0 Å². The van der Waals surface area contributed by atoms with Gasteiger partial charge in [-0.3, -0.25) is 5.10 Å². The van der Waals surface area contributed by atoms with Crippen LogP contribution in [0.15, 0.2) is 48.1 Å². The van der Waals surface area contributed by atoms with Crippen LogP contribution in [0.1, 0.15) is 27.6 Å². The van der Waals surface area contributed by atoms with Crippen molar-refractivity contribution in [2.45, 2.75) is 12.8 Å². The molecule has 4 aromatic rings. The van der Waals surface area contributed by atoms with Crippen LogP contribution in [0.5, 0.6) is 17.5 Å². The lowest BCUT2D eigenvalue weighted by atomic mass is 9.89. The normalized spacial score (nSPS) is 14.7. The van der Waals surface area contributed by atoms with Crippen LogP contribution in [0, 0.1) is 6.92 Å². The van der Waals surface area contributed by atoms with E-state index in [4.69, 9.17) is 9.47 Å². The molecule has 0 bridgehead atoms. The summed E-state index contributed by atoms with van der Waals surface area (Å²) in [6.07, 6.45) is 1.50. The van der Waals surface area contributed by atoms with Gasteiger partial charge in [0.05, 0.1) is 18.6 Å². The molecule has 8 heteroatoms. The highest BCUT2D eigenvalue weighted by Crippen LogP contribution is 2.50. The van der Waals surface area contributed by atoms with Crippen molar-refractivity contribution in [2.24, 2.45) is 0 Å². The van der Waals surface area contributed by atoms with Crippen LogP contribution in [0.3, 0.4) is 0 Å². The van der Waals surface area contributed by atoms with E-state index in [1.54, 1.807) is 18.4 Å². The number of anilines is 2. The van der Waals surface area contributed by atoms with Gasteiger partial charge in [0.1, 0.15) is 17.9 Å². The van der Waals surface area contributed by atoms with E-state index < -0.39 is 0 Å². The molecule has 2 N–H and O–H groups in total. The molecular formula is C20H17N5O2S. The highest BCUT2D eigenvalue weighted by atomic mass is 32.1. The van der Waals surface area contributed by atoms with E-state index in [1.165, 1.54) is 11.2 Å². The fourth-order valence-corrected chi connectivity index (χ4v) is 4.28. The molecule has 5 rings (SSSR count). The summed E-state index contributed by atoms with van der Waals surface area (Å²) in [5, 5.41) is 12.8. The van der Waals surface area contributed by atoms with Crippen LogP contribution in [-0.2, 0) is 0 Å². The molecule has 0 saturated carbocycles. The van der Waals surface area contributed by atoms with E-state index in [-0.39, 0.29) is 5.92 Å². The zero-order valence-electron chi connectivity index (χ0n) is 15.3. The summed E-state index contributed by atoms with van der Waals surface area (Å²) in [5.74, 6) is 2.54. The number of thiophene rings is 1. The van der Waals surface area contributed by atoms with E-state index in [9.17, 15) is 0 Å². The molecule has 1 aromatic carbocycles. The fourth-order valence-electron chi connectivity index (χ4n) is 3.44. The van der Waals surface area contributed by atoms with Crippen LogP contribution in [0.25, 0.3) is 0 Å². The Labute approximate surface area is 165 Å². The maximum Gasteiger partial charge on any atom is 0.244 e. The standard InChI is InChI=1S/C20H17N5O2S/c1-11-15-16(14-4-3-9-28-14)17-18(23-12-5-7-13(26-2)8-6-12)21-10-22-19(17)27-20(15)25-24-11/h3-10,16H,1-2H3,(H,24,25)(H,21,22,23). The van der Waals surface area contributed by atoms with Gasteiger partial charge in [-0.25, -0.2) is 9.97 Å². The molecule has 0 radical (unpaired) electrons. The lowest BCUT2D eigenvalue weighted by molar-refractivity contribution is 0.415. The van der Waals surface area contributed by atoms with Gasteiger partial charge in [-0.2, -0.15) is 0 Å². The monoisotopic (exact) mass is 391 g/mol. The Balaban J connectivity index is 1.64. The highest BCUT2D eigenvalue weighted by Gasteiger charge is 2.36. The molecule has 7 nitrogen and oxygen atoms in total. The van der Waals surface area contributed by atoms with Crippen LogP contribution in [-0.4, -0.2) is 27.3 Å². The smallest absolute Gasteiger partial charge is 0.244 e. The Morgan fingerprint density at radius 1 is 1.11 bits per heavy atom. The third-order valence-corrected chi connectivity index (χ3v) is 5.70. The second-order valence-corrected chi connectivity index (χ2v) is 7.39. The number of nitrogens with one attached hydrogen (secondary N) is 2. The number of ether oxygens (including phenoxy) is 2. The van der Waals surface area contributed by atoms with Gasteiger partial charge < -0.3 is 14.8 Å². The van der Waals surface area contributed by atoms with Crippen LogP contribution in [0.2, 0.25) is 0 Å². The zero-order chi connectivity index (χ0) is 19.1. The maximum atomic E-state index is 5.99. The number of benzene rings is 1. The first-order valence-corrected chi connectivity index (χ1v) is 9.64. The number of hydrogen-bond donors (Lipinski definition) is 2. The Hall–Kier alpha value is -3.39. The molecule has 140 valence electrons. The molecule has 0 amide bonds. The second-order valence-electron chi connectivity index (χ2n) is 6.41. The van der Waals surface area contributed by atoms with Gasteiger partial charge >= 0.3 is 0 Å². The molecule has 0 spiro atoms. The van der Waals surface area contributed by atoms with Crippen LogP contribution in [0.4, 0.5) is 11.5 Å². The molecular weight excluding hydrogens is 374 g/mol. The lowest BCUT2D eigenvalue weighted by Gasteiger charge is -2.26. The largest absolute Gasteiger partial charge is 0.497 e. The van der Waals surface area contributed by atoms with Crippen molar-refractivity contribution in [2.75, 3.05) is 12.4 Å². The van der Waals surface area contributed by atoms with Crippen molar-refractivity contribution in [1.82, 2.24) is 20.2 Å². The predicted octanol–water partition coefficient (Wildman–Crippen LogP) is 4.61. The average Bonchev–Trinajstić information content (AvgIpc) is 3.38. The first-order chi connectivity index (χ1) is 13.7. The first-order valence-electron chi connectivity index (χ1n) is 8.76. The maximum absolute atomic E-state index is 5.99. The summed E-state index contributed by atoms with van der Waals surface area (Å²) in [4.78, 5) is 10.1. The Morgan fingerprint density at radius 2 is 1.96 bits per heavy atom. The van der Waals surface area contributed by atoms with Crippen LogP contribution < -0.4 is 14.8 Å². The van der Waals surface area contributed by atoms with Crippen molar-refractivity contribution < 1.29 is 9.47 Å². The highest BCUT2D eigenvalue weighted by molar-refractivity contribution is 7.10. The minimum absolute atomic E-state index is 0.0561. The molecule has 3 aromatic heterocycles. The number of rotatable bonds is 4. The number of aromatic amines is 1. The Bertz CT molecular complexity index is 1120. The third-order valence-electron chi connectivity index (χ3n) is 4.76. The number of fused-ring (bicyclic) bond motifs is 2. The van der Waals surface area contributed by atoms with Gasteiger partial charge in [0.15, 0.2) is 0 Å². The zero-order valence-corrected chi connectivity index (χ0v) is 16.1. The molecule has 1 atom stereocenters. The van der Waals surface area contributed by atoms with Crippen molar-refractivity contribution in [3.63, 3.8) is 0 Å². The molecule has 0 saturated heterocycles. The van der Waals surface area contributed by atoms with Gasteiger partial charge in [-0.05, 0) is 42.6 Å². The minimum atomic E-state index is -0.0561. The van der Waals surface area contributed by atoms with Gasteiger partial charge in [0.2, 0.25) is 11.8 Å². The summed E-state index contributed by atoms with van der Waals surface area (Å²) in [6.45, 7) is 2.00. The third kappa shape index (κ3) is 2.69. The fraction of sp³-hybridized carbons (Fsp3) is 0.150. The van der Waals surface area contributed by atoms with E-state index >= 15 is 0 Å². The van der Waals surface area contributed by atoms with Gasteiger partial charge in [-0.1, -0.05) is 6.07 Å². The average molecular weight is 391 g/mol. The summed E-state index contributed by atoms with van der Waals surface area (Å²) in [5.41, 5.74) is 3.79. The SMILES string of the molecule is COc1ccc(Nc2ncnc3c2C(c2cccs2)c2c(n[nH]c2C)O3)cc1. The van der Waals surface area contributed by atoms with E-state index in [0.717, 1.165) is 28.3 Å². The molecule has 1 aliphatic rings. The Morgan fingerprint density at radius 3 is 2.71 bits per heavy atom. The summed E-state index contributed by atoms with van der Waals surface area (Å²) < 4.78 is 11.2. The number of methoxy groups -OCH3 is 1. The predicted molar refractivity (Wildman–Crippen MR) is 107 cm³/mol. The van der Waals surface area contributed by atoms with Crippen molar-refractivity contribution >= 4 is 22.8 Å². The van der Waals surface area contributed by atoms with E-state index in [0.29, 0.717) is 17.6 Å². The Kier molecular flexibility index (Phi) is 3.98. The molecule has 28 heavy (non-hydrogen) atoms. The molecule has 0 fully saturated rings.